The van der Waals surface area contributed by atoms with Crippen LogP contribution in [0.1, 0.15) is 39.5 Å². The van der Waals surface area contributed by atoms with Crippen molar-refractivity contribution in [2.75, 3.05) is 25.5 Å². The summed E-state index contributed by atoms with van der Waals surface area (Å²) >= 11 is 0. The van der Waals surface area contributed by atoms with Crippen LogP contribution in [0.15, 0.2) is 24.3 Å². The summed E-state index contributed by atoms with van der Waals surface area (Å²) in [4.78, 5) is 2.11. The molecule has 1 aromatic carbocycles. The number of rotatable bonds is 6. The lowest BCUT2D eigenvalue weighted by molar-refractivity contribution is 0.0909. The second-order valence-electron chi connectivity index (χ2n) is 6.53. The Labute approximate surface area is 129 Å². The first-order valence-corrected chi connectivity index (χ1v) is 8.27. The third-order valence-electron chi connectivity index (χ3n) is 4.33. The van der Waals surface area contributed by atoms with Crippen molar-refractivity contribution in [3.63, 3.8) is 0 Å². The fourth-order valence-electron chi connectivity index (χ4n) is 3.03. The van der Waals surface area contributed by atoms with Gasteiger partial charge in [-0.2, -0.15) is 0 Å². The summed E-state index contributed by atoms with van der Waals surface area (Å²) in [6.45, 7) is 5.63. The largest absolute Gasteiger partial charge is 0.489 e. The molecule has 0 spiro atoms. The second-order valence-corrected chi connectivity index (χ2v) is 6.53. The lowest BCUT2D eigenvalue weighted by Gasteiger charge is -2.35. The van der Waals surface area contributed by atoms with Gasteiger partial charge in [-0.25, -0.2) is 0 Å². The SMILES string of the molecule is CCCNC1CCC(C)CC1Oc1cccc(N(C)C)c1. The lowest BCUT2D eigenvalue weighted by atomic mass is 9.85. The first-order chi connectivity index (χ1) is 10.1. The van der Waals surface area contributed by atoms with Crippen LogP contribution >= 0.6 is 0 Å². The molecular weight excluding hydrogens is 260 g/mol. The van der Waals surface area contributed by atoms with Gasteiger partial charge in [0.1, 0.15) is 11.9 Å². The van der Waals surface area contributed by atoms with E-state index in [0.717, 1.165) is 24.6 Å². The van der Waals surface area contributed by atoms with Gasteiger partial charge in [0.15, 0.2) is 0 Å². The Morgan fingerprint density at radius 3 is 2.81 bits per heavy atom. The molecule has 1 fully saturated rings. The number of hydrogen-bond donors (Lipinski definition) is 1. The zero-order valence-electron chi connectivity index (χ0n) is 13.9. The van der Waals surface area contributed by atoms with E-state index in [-0.39, 0.29) is 6.10 Å². The van der Waals surface area contributed by atoms with Crippen molar-refractivity contribution >= 4 is 5.69 Å². The topological polar surface area (TPSA) is 24.5 Å². The molecule has 0 heterocycles. The Hall–Kier alpha value is -1.22. The molecule has 3 nitrogen and oxygen atoms in total. The third-order valence-corrected chi connectivity index (χ3v) is 4.33. The van der Waals surface area contributed by atoms with E-state index >= 15 is 0 Å². The summed E-state index contributed by atoms with van der Waals surface area (Å²) in [5, 5.41) is 3.66. The van der Waals surface area contributed by atoms with E-state index in [1.165, 1.54) is 24.9 Å². The molecule has 1 aliphatic carbocycles. The van der Waals surface area contributed by atoms with E-state index in [0.29, 0.717) is 6.04 Å². The van der Waals surface area contributed by atoms with Crippen molar-refractivity contribution in [3.05, 3.63) is 24.3 Å². The normalized spacial score (nSPS) is 25.6. The molecule has 3 atom stereocenters. The van der Waals surface area contributed by atoms with Crippen LogP contribution in [0.3, 0.4) is 0 Å². The van der Waals surface area contributed by atoms with Crippen LogP contribution in [-0.2, 0) is 0 Å². The molecule has 0 aliphatic heterocycles. The molecule has 118 valence electrons. The minimum Gasteiger partial charge on any atom is -0.489 e. The number of hydrogen-bond acceptors (Lipinski definition) is 3. The monoisotopic (exact) mass is 290 g/mol. The zero-order valence-corrected chi connectivity index (χ0v) is 13.9. The Morgan fingerprint density at radius 1 is 1.29 bits per heavy atom. The summed E-state index contributed by atoms with van der Waals surface area (Å²) < 4.78 is 6.34. The molecule has 0 bridgehead atoms. The maximum atomic E-state index is 6.34. The van der Waals surface area contributed by atoms with Crippen LogP contribution in [0.5, 0.6) is 5.75 Å². The molecule has 1 aromatic rings. The molecular formula is C18H30N2O. The van der Waals surface area contributed by atoms with Crippen LogP contribution in [0.4, 0.5) is 5.69 Å². The van der Waals surface area contributed by atoms with Crippen molar-refractivity contribution in [1.29, 1.82) is 0 Å². The Balaban J connectivity index is 2.04. The maximum Gasteiger partial charge on any atom is 0.121 e. The number of benzene rings is 1. The average molecular weight is 290 g/mol. The van der Waals surface area contributed by atoms with Gasteiger partial charge in [-0.1, -0.05) is 19.9 Å². The van der Waals surface area contributed by atoms with Gasteiger partial charge in [-0.15, -0.1) is 0 Å². The van der Waals surface area contributed by atoms with E-state index in [2.05, 4.69) is 62.4 Å². The Kier molecular flexibility index (Phi) is 5.92. The maximum absolute atomic E-state index is 6.34. The standard InChI is InChI=1S/C18H30N2O/c1-5-11-19-17-10-9-14(2)12-18(17)21-16-8-6-7-15(13-16)20(3)4/h6-8,13-14,17-19H,5,9-12H2,1-4H3. The summed E-state index contributed by atoms with van der Waals surface area (Å²) in [6, 6.07) is 8.89. The molecule has 1 saturated carbocycles. The summed E-state index contributed by atoms with van der Waals surface area (Å²) in [5.74, 6) is 1.75. The molecule has 1 N–H and O–H groups in total. The van der Waals surface area contributed by atoms with Crippen molar-refractivity contribution in [2.24, 2.45) is 5.92 Å². The van der Waals surface area contributed by atoms with Gasteiger partial charge in [0.2, 0.25) is 0 Å². The minimum absolute atomic E-state index is 0.290. The summed E-state index contributed by atoms with van der Waals surface area (Å²) in [5.41, 5.74) is 1.19. The fourth-order valence-corrected chi connectivity index (χ4v) is 3.03. The number of anilines is 1. The highest BCUT2D eigenvalue weighted by Gasteiger charge is 2.29. The van der Waals surface area contributed by atoms with Crippen LogP contribution < -0.4 is 15.0 Å². The lowest BCUT2D eigenvalue weighted by Crippen LogP contribution is -2.47. The van der Waals surface area contributed by atoms with Crippen molar-refractivity contribution in [3.8, 4) is 5.75 Å². The molecule has 2 rings (SSSR count). The average Bonchev–Trinajstić information content (AvgIpc) is 2.47. The highest BCUT2D eigenvalue weighted by molar-refractivity contribution is 5.49. The third kappa shape index (κ3) is 4.63. The van der Waals surface area contributed by atoms with E-state index in [1.54, 1.807) is 0 Å². The molecule has 0 radical (unpaired) electrons. The summed E-state index contributed by atoms with van der Waals surface area (Å²) in [7, 11) is 4.13. The molecule has 3 unspecified atom stereocenters. The van der Waals surface area contributed by atoms with Crippen LogP contribution in [0, 0.1) is 5.92 Å². The van der Waals surface area contributed by atoms with Gasteiger partial charge in [0.05, 0.1) is 0 Å². The van der Waals surface area contributed by atoms with Crippen LogP contribution in [0.2, 0.25) is 0 Å². The van der Waals surface area contributed by atoms with E-state index in [9.17, 15) is 0 Å². The van der Waals surface area contributed by atoms with Gasteiger partial charge < -0.3 is 15.0 Å². The van der Waals surface area contributed by atoms with Crippen LogP contribution in [-0.4, -0.2) is 32.8 Å². The molecule has 0 aromatic heterocycles. The molecule has 21 heavy (non-hydrogen) atoms. The quantitative estimate of drug-likeness (QED) is 0.865. The first kappa shape index (κ1) is 16.2. The Bertz CT molecular complexity index is 431. The molecule has 0 amide bonds. The number of nitrogens with zero attached hydrogens (tertiary/aromatic N) is 1. The number of nitrogens with one attached hydrogen (secondary N) is 1. The second kappa shape index (κ2) is 7.69. The van der Waals surface area contributed by atoms with Crippen molar-refractivity contribution in [2.45, 2.75) is 51.7 Å². The smallest absolute Gasteiger partial charge is 0.121 e. The zero-order chi connectivity index (χ0) is 15.2. The fraction of sp³-hybridized carbons (Fsp3) is 0.667. The predicted octanol–water partition coefficient (Wildman–Crippen LogP) is 3.69. The minimum atomic E-state index is 0.290. The van der Waals surface area contributed by atoms with Gasteiger partial charge in [-0.05, 0) is 50.3 Å². The van der Waals surface area contributed by atoms with Gasteiger partial charge in [0, 0.05) is 31.9 Å². The van der Waals surface area contributed by atoms with E-state index in [4.69, 9.17) is 4.74 Å². The molecule has 3 heteroatoms. The highest BCUT2D eigenvalue weighted by Crippen LogP contribution is 2.29. The Morgan fingerprint density at radius 2 is 2.10 bits per heavy atom. The van der Waals surface area contributed by atoms with Crippen molar-refractivity contribution in [1.82, 2.24) is 5.32 Å². The molecule has 1 aliphatic rings. The van der Waals surface area contributed by atoms with Crippen LogP contribution in [0.25, 0.3) is 0 Å². The van der Waals surface area contributed by atoms with Crippen molar-refractivity contribution < 1.29 is 4.74 Å². The number of ether oxygens (including phenoxy) is 1. The van der Waals surface area contributed by atoms with Gasteiger partial charge in [0.25, 0.3) is 0 Å². The van der Waals surface area contributed by atoms with E-state index in [1.807, 2.05) is 0 Å². The highest BCUT2D eigenvalue weighted by atomic mass is 16.5. The van der Waals surface area contributed by atoms with Gasteiger partial charge >= 0.3 is 0 Å². The summed E-state index contributed by atoms with van der Waals surface area (Å²) in [6.07, 6.45) is 5.14. The molecule has 0 saturated heterocycles. The van der Waals surface area contributed by atoms with Gasteiger partial charge in [-0.3, -0.25) is 0 Å². The first-order valence-electron chi connectivity index (χ1n) is 8.27. The predicted molar refractivity (Wildman–Crippen MR) is 90.3 cm³/mol. The van der Waals surface area contributed by atoms with E-state index < -0.39 is 0 Å².